The van der Waals surface area contributed by atoms with Gasteiger partial charge in [0.25, 0.3) is 5.91 Å². The lowest BCUT2D eigenvalue weighted by Crippen LogP contribution is -2.28. The zero-order valence-corrected chi connectivity index (χ0v) is 21.3. The fourth-order valence-corrected chi connectivity index (χ4v) is 5.21. The van der Waals surface area contributed by atoms with E-state index in [9.17, 15) is 14.7 Å². The van der Waals surface area contributed by atoms with Crippen LogP contribution in [0.1, 0.15) is 47.3 Å². The van der Waals surface area contributed by atoms with Gasteiger partial charge < -0.3 is 25.0 Å². The SMILES string of the molecule is CN1COC(c2ccc(-c3ccc(C4(C(=O)O)CC4)cc3)cc2)=C1Nc1cccc(C(=O)N2CCCC2)n1. The number of anilines is 1. The van der Waals surface area contributed by atoms with Crippen molar-refractivity contribution >= 4 is 23.5 Å². The molecule has 6 rings (SSSR count). The van der Waals surface area contributed by atoms with Crippen molar-refractivity contribution in [1.29, 1.82) is 0 Å². The zero-order chi connectivity index (χ0) is 26.3. The molecule has 38 heavy (non-hydrogen) atoms. The third kappa shape index (κ3) is 4.36. The van der Waals surface area contributed by atoms with Crippen molar-refractivity contribution < 1.29 is 19.4 Å². The first-order valence-corrected chi connectivity index (χ1v) is 13.0. The quantitative estimate of drug-likeness (QED) is 0.473. The number of aliphatic carboxylic acids is 1. The molecule has 1 saturated carbocycles. The number of rotatable bonds is 7. The topological polar surface area (TPSA) is 95.0 Å². The van der Waals surface area contributed by atoms with E-state index < -0.39 is 11.4 Å². The van der Waals surface area contributed by atoms with Gasteiger partial charge in [-0.15, -0.1) is 0 Å². The Morgan fingerprint density at radius 1 is 0.921 bits per heavy atom. The summed E-state index contributed by atoms with van der Waals surface area (Å²) in [7, 11) is 1.94. The maximum atomic E-state index is 12.8. The summed E-state index contributed by atoms with van der Waals surface area (Å²) >= 11 is 0. The minimum Gasteiger partial charge on any atom is -0.481 e. The number of carboxylic acids is 1. The third-order valence-corrected chi connectivity index (χ3v) is 7.68. The van der Waals surface area contributed by atoms with Gasteiger partial charge in [-0.2, -0.15) is 0 Å². The van der Waals surface area contributed by atoms with Crippen LogP contribution in [0.4, 0.5) is 5.82 Å². The highest BCUT2D eigenvalue weighted by Gasteiger charge is 2.51. The number of amides is 1. The van der Waals surface area contributed by atoms with Crippen LogP contribution in [0, 0.1) is 0 Å². The molecule has 0 atom stereocenters. The van der Waals surface area contributed by atoms with Gasteiger partial charge in [-0.3, -0.25) is 9.59 Å². The summed E-state index contributed by atoms with van der Waals surface area (Å²) in [6.07, 6.45) is 3.48. The highest BCUT2D eigenvalue weighted by atomic mass is 16.5. The van der Waals surface area contributed by atoms with Gasteiger partial charge in [-0.25, -0.2) is 4.98 Å². The Labute approximate surface area is 221 Å². The Kier molecular flexibility index (Phi) is 6.02. The number of ether oxygens (including phenoxy) is 1. The van der Waals surface area contributed by atoms with Crippen LogP contribution >= 0.6 is 0 Å². The van der Waals surface area contributed by atoms with Gasteiger partial charge in [0, 0.05) is 25.7 Å². The highest BCUT2D eigenvalue weighted by molar-refractivity contribution is 5.93. The van der Waals surface area contributed by atoms with Gasteiger partial charge in [0.1, 0.15) is 11.5 Å². The molecule has 2 aromatic carbocycles. The molecule has 1 aromatic heterocycles. The van der Waals surface area contributed by atoms with Crippen molar-refractivity contribution in [1.82, 2.24) is 14.8 Å². The average Bonchev–Trinajstić information content (AvgIpc) is 3.43. The van der Waals surface area contributed by atoms with Crippen molar-refractivity contribution in [2.75, 3.05) is 32.2 Å². The third-order valence-electron chi connectivity index (χ3n) is 7.68. The van der Waals surface area contributed by atoms with E-state index in [1.807, 2.05) is 77.5 Å². The predicted octanol–water partition coefficient (Wildman–Crippen LogP) is 4.76. The van der Waals surface area contributed by atoms with E-state index in [1.165, 1.54) is 0 Å². The lowest BCUT2D eigenvalue weighted by molar-refractivity contribution is -0.140. The van der Waals surface area contributed by atoms with Gasteiger partial charge in [0.05, 0.1) is 5.41 Å². The van der Waals surface area contributed by atoms with Crippen molar-refractivity contribution in [2.24, 2.45) is 0 Å². The summed E-state index contributed by atoms with van der Waals surface area (Å²) in [6, 6.07) is 21.4. The maximum absolute atomic E-state index is 12.8. The molecule has 2 N–H and O–H groups in total. The molecule has 1 saturated heterocycles. The molecule has 194 valence electrons. The lowest BCUT2D eigenvalue weighted by atomic mass is 9.93. The van der Waals surface area contributed by atoms with Crippen LogP contribution in [0.25, 0.3) is 16.9 Å². The molecule has 8 heteroatoms. The van der Waals surface area contributed by atoms with Gasteiger partial charge >= 0.3 is 5.97 Å². The number of aromatic nitrogens is 1. The first-order chi connectivity index (χ1) is 18.4. The molecule has 2 aliphatic heterocycles. The number of benzene rings is 2. The van der Waals surface area contributed by atoms with E-state index in [1.54, 1.807) is 6.07 Å². The first kappa shape index (κ1) is 24.0. The molecular weight excluding hydrogens is 480 g/mol. The molecular formula is C30H30N4O4. The van der Waals surface area contributed by atoms with E-state index in [0.717, 1.165) is 54.0 Å². The summed E-state index contributed by atoms with van der Waals surface area (Å²) in [5.74, 6) is 1.31. The molecule has 0 bridgehead atoms. The standard InChI is InChI=1S/C30H30N4O4/c1-33-19-38-26(27(33)32-25-6-4-5-24(31-25)28(35)34-17-2-3-18-34)22-9-7-20(8-10-22)21-11-13-23(14-12-21)30(15-16-30)29(36)37/h4-14H,2-3,15-19H2,1H3,(H,31,32)(H,36,37). The summed E-state index contributed by atoms with van der Waals surface area (Å²) in [4.78, 5) is 32.8. The molecule has 3 aliphatic rings. The minimum absolute atomic E-state index is 0.0322. The van der Waals surface area contributed by atoms with E-state index in [4.69, 9.17) is 4.74 Å². The van der Waals surface area contributed by atoms with Crippen molar-refractivity contribution in [3.05, 3.63) is 89.4 Å². The zero-order valence-electron chi connectivity index (χ0n) is 21.3. The van der Waals surface area contributed by atoms with Gasteiger partial charge in [0.15, 0.2) is 18.3 Å². The summed E-state index contributed by atoms with van der Waals surface area (Å²) in [5, 5.41) is 12.9. The first-order valence-electron chi connectivity index (χ1n) is 13.0. The van der Waals surface area contributed by atoms with Crippen LogP contribution in [-0.2, 0) is 14.9 Å². The molecule has 0 spiro atoms. The number of likely N-dealkylation sites (tertiary alicyclic amines) is 1. The Hall–Kier alpha value is -4.33. The monoisotopic (exact) mass is 510 g/mol. The molecule has 2 fully saturated rings. The van der Waals surface area contributed by atoms with Gasteiger partial charge in [0.2, 0.25) is 0 Å². The molecule has 1 aliphatic carbocycles. The summed E-state index contributed by atoms with van der Waals surface area (Å²) in [5.41, 5.74) is 3.60. The van der Waals surface area contributed by atoms with Crippen LogP contribution in [0.5, 0.6) is 0 Å². The number of carbonyl (C=O) groups excluding carboxylic acids is 1. The van der Waals surface area contributed by atoms with E-state index >= 15 is 0 Å². The smallest absolute Gasteiger partial charge is 0.314 e. The van der Waals surface area contributed by atoms with Crippen LogP contribution in [0.3, 0.4) is 0 Å². The molecule has 0 radical (unpaired) electrons. The number of pyridine rings is 1. The molecule has 1 amide bonds. The summed E-state index contributed by atoms with van der Waals surface area (Å²) < 4.78 is 6.01. The van der Waals surface area contributed by atoms with Crippen LogP contribution < -0.4 is 5.32 Å². The van der Waals surface area contributed by atoms with Crippen molar-refractivity contribution in [3.63, 3.8) is 0 Å². The molecule has 8 nitrogen and oxygen atoms in total. The Morgan fingerprint density at radius 3 is 2.18 bits per heavy atom. The number of hydrogen-bond acceptors (Lipinski definition) is 6. The second-order valence-corrected chi connectivity index (χ2v) is 10.2. The van der Waals surface area contributed by atoms with Crippen LogP contribution in [0.15, 0.2) is 72.6 Å². The van der Waals surface area contributed by atoms with E-state index in [2.05, 4.69) is 10.3 Å². The molecule has 3 heterocycles. The summed E-state index contributed by atoms with van der Waals surface area (Å²) in [6.45, 7) is 1.97. The lowest BCUT2D eigenvalue weighted by Gasteiger charge is -2.17. The second-order valence-electron chi connectivity index (χ2n) is 10.2. The van der Waals surface area contributed by atoms with Gasteiger partial charge in [-0.05, 0) is 54.5 Å². The van der Waals surface area contributed by atoms with Crippen molar-refractivity contribution in [3.8, 4) is 11.1 Å². The number of nitrogens with zero attached hydrogens (tertiary/aromatic N) is 3. The Balaban J connectivity index is 1.21. The predicted molar refractivity (Wildman–Crippen MR) is 144 cm³/mol. The maximum Gasteiger partial charge on any atom is 0.314 e. The highest BCUT2D eigenvalue weighted by Crippen LogP contribution is 2.48. The number of hydrogen-bond donors (Lipinski definition) is 2. The second kappa shape index (κ2) is 9.52. The van der Waals surface area contributed by atoms with Crippen LogP contribution in [0.2, 0.25) is 0 Å². The van der Waals surface area contributed by atoms with Gasteiger partial charge in [-0.1, -0.05) is 54.6 Å². The molecule has 3 aromatic rings. The van der Waals surface area contributed by atoms with Crippen LogP contribution in [-0.4, -0.2) is 58.6 Å². The average molecular weight is 511 g/mol. The minimum atomic E-state index is -0.742. The largest absolute Gasteiger partial charge is 0.481 e. The van der Waals surface area contributed by atoms with E-state index in [-0.39, 0.29) is 5.91 Å². The van der Waals surface area contributed by atoms with E-state index in [0.29, 0.717) is 36.8 Å². The number of carbonyl (C=O) groups is 2. The fraction of sp³-hybridized carbons (Fsp3) is 0.300. The number of nitrogens with one attached hydrogen (secondary N) is 1. The fourth-order valence-electron chi connectivity index (χ4n) is 5.21. The Morgan fingerprint density at radius 2 is 1.55 bits per heavy atom. The number of carboxylic acid groups (broad SMARTS) is 1. The van der Waals surface area contributed by atoms with Crippen molar-refractivity contribution in [2.45, 2.75) is 31.1 Å². The Bertz CT molecular complexity index is 1400. The molecule has 0 unspecified atom stereocenters. The normalized spacial score (nSPS) is 17.9.